The van der Waals surface area contributed by atoms with Crippen LogP contribution in [0, 0.1) is 5.41 Å². The van der Waals surface area contributed by atoms with Crippen molar-refractivity contribution in [2.45, 2.75) is 12.5 Å². The number of amidine groups is 1. The molecule has 0 saturated carbocycles. The van der Waals surface area contributed by atoms with Crippen molar-refractivity contribution >= 4 is 34.7 Å². The van der Waals surface area contributed by atoms with Gasteiger partial charge in [-0.3, -0.25) is 10.4 Å². The third-order valence-corrected chi connectivity index (χ3v) is 5.48. The summed E-state index contributed by atoms with van der Waals surface area (Å²) in [5, 5.41) is 15.6. The molecule has 0 amide bonds. The Hall–Kier alpha value is -4.30. The summed E-state index contributed by atoms with van der Waals surface area (Å²) in [6, 6.07) is 21.2. The number of aromatic nitrogens is 3. The van der Waals surface area contributed by atoms with E-state index in [1.165, 1.54) is 5.56 Å². The highest BCUT2D eigenvalue weighted by Gasteiger charge is 2.16. The van der Waals surface area contributed by atoms with Gasteiger partial charge in [0.05, 0.1) is 24.4 Å². The molecule has 0 radical (unpaired) electrons. The van der Waals surface area contributed by atoms with E-state index in [9.17, 15) is 0 Å². The highest BCUT2D eigenvalue weighted by molar-refractivity contribution is 5.94. The summed E-state index contributed by atoms with van der Waals surface area (Å²) in [4.78, 5) is 13.7. The zero-order chi connectivity index (χ0) is 24.5. The van der Waals surface area contributed by atoms with Gasteiger partial charge in [-0.05, 0) is 61.0 Å². The highest BCUT2D eigenvalue weighted by Crippen LogP contribution is 2.26. The van der Waals surface area contributed by atoms with Crippen LogP contribution in [0.3, 0.4) is 0 Å². The highest BCUT2D eigenvalue weighted by atomic mass is 16.5. The molecule has 8 heteroatoms. The number of nitrogens with zero attached hydrogens (tertiary/aromatic N) is 3. The van der Waals surface area contributed by atoms with Crippen molar-refractivity contribution in [3.63, 3.8) is 0 Å². The Kier molecular flexibility index (Phi) is 7.98. The maximum absolute atomic E-state index is 8.12. The van der Waals surface area contributed by atoms with Gasteiger partial charge in [-0.15, -0.1) is 0 Å². The standard InChI is InChI=1S/C27H29N7O/c1-35-21-11-12-23-22(17-21)27(34-25(32-23)13-10-20-9-5-6-15-31-20)33-24(26(28)29)18-30-16-14-19-7-3-2-4-8-19/h2-13,15,17,24,30H,14,16,18H2,1H3,(H3,28,29)(H,32,33,34). The first kappa shape index (κ1) is 23.8. The number of benzene rings is 2. The Morgan fingerprint density at radius 1 is 1.06 bits per heavy atom. The lowest BCUT2D eigenvalue weighted by molar-refractivity contribution is 0.415. The molecule has 0 aliphatic heterocycles. The summed E-state index contributed by atoms with van der Waals surface area (Å²) in [6.45, 7) is 1.25. The third-order valence-electron chi connectivity index (χ3n) is 5.48. The lowest BCUT2D eigenvalue weighted by Crippen LogP contribution is -2.43. The number of hydrogen-bond donors (Lipinski definition) is 4. The lowest BCUT2D eigenvalue weighted by atomic mass is 10.1. The third kappa shape index (κ3) is 6.61. The second-order valence-electron chi connectivity index (χ2n) is 7.99. The molecule has 2 heterocycles. The smallest absolute Gasteiger partial charge is 0.155 e. The SMILES string of the molecule is COc1ccc2nc(C=Cc3ccccn3)nc(NC(CNCCc3ccccc3)C(=N)N)c2c1. The summed E-state index contributed by atoms with van der Waals surface area (Å²) in [7, 11) is 1.62. The monoisotopic (exact) mass is 467 g/mol. The van der Waals surface area contributed by atoms with Crippen molar-refractivity contribution in [3.8, 4) is 5.75 Å². The average molecular weight is 468 g/mol. The first-order valence-electron chi connectivity index (χ1n) is 11.4. The first-order valence-corrected chi connectivity index (χ1v) is 11.4. The molecule has 0 aliphatic rings. The van der Waals surface area contributed by atoms with E-state index in [1.807, 2.05) is 66.7 Å². The van der Waals surface area contributed by atoms with E-state index in [2.05, 4.69) is 32.7 Å². The van der Waals surface area contributed by atoms with Crippen molar-refractivity contribution in [1.82, 2.24) is 20.3 Å². The van der Waals surface area contributed by atoms with E-state index in [1.54, 1.807) is 13.3 Å². The van der Waals surface area contributed by atoms with Crippen LogP contribution in [0.5, 0.6) is 5.75 Å². The van der Waals surface area contributed by atoms with Crippen LogP contribution in [-0.4, -0.2) is 47.0 Å². The van der Waals surface area contributed by atoms with Crippen LogP contribution in [0.25, 0.3) is 23.1 Å². The zero-order valence-electron chi connectivity index (χ0n) is 19.6. The van der Waals surface area contributed by atoms with Crippen LogP contribution < -0.4 is 21.1 Å². The fourth-order valence-electron chi connectivity index (χ4n) is 3.60. The molecule has 5 N–H and O–H groups in total. The predicted molar refractivity (Wildman–Crippen MR) is 142 cm³/mol. The Morgan fingerprint density at radius 2 is 1.89 bits per heavy atom. The van der Waals surface area contributed by atoms with Gasteiger partial charge in [0.2, 0.25) is 0 Å². The minimum absolute atomic E-state index is 0.0254. The van der Waals surface area contributed by atoms with Crippen LogP contribution in [-0.2, 0) is 6.42 Å². The largest absolute Gasteiger partial charge is 0.497 e. The van der Waals surface area contributed by atoms with Crippen LogP contribution in [0.2, 0.25) is 0 Å². The summed E-state index contributed by atoms with van der Waals surface area (Å²) in [6.07, 6.45) is 6.31. The number of anilines is 1. The molecular formula is C27H29N7O. The van der Waals surface area contributed by atoms with E-state index in [4.69, 9.17) is 20.9 Å². The predicted octanol–water partition coefficient (Wildman–Crippen LogP) is 3.75. The summed E-state index contributed by atoms with van der Waals surface area (Å²) < 4.78 is 5.40. The minimum Gasteiger partial charge on any atom is -0.497 e. The lowest BCUT2D eigenvalue weighted by Gasteiger charge is -2.20. The van der Waals surface area contributed by atoms with Gasteiger partial charge >= 0.3 is 0 Å². The molecule has 35 heavy (non-hydrogen) atoms. The van der Waals surface area contributed by atoms with E-state index < -0.39 is 6.04 Å². The second kappa shape index (κ2) is 11.7. The van der Waals surface area contributed by atoms with E-state index in [0.717, 1.165) is 29.6 Å². The fourth-order valence-corrected chi connectivity index (χ4v) is 3.60. The van der Waals surface area contributed by atoms with Crippen molar-refractivity contribution in [2.24, 2.45) is 5.73 Å². The van der Waals surface area contributed by atoms with E-state index >= 15 is 0 Å². The number of pyridine rings is 1. The summed E-state index contributed by atoms with van der Waals surface area (Å²) >= 11 is 0. The van der Waals surface area contributed by atoms with Gasteiger partial charge in [0, 0.05) is 18.1 Å². The molecule has 0 aliphatic carbocycles. The van der Waals surface area contributed by atoms with E-state index in [0.29, 0.717) is 23.9 Å². The molecule has 4 aromatic rings. The molecule has 8 nitrogen and oxygen atoms in total. The molecule has 0 spiro atoms. The average Bonchev–Trinajstić information content (AvgIpc) is 2.90. The molecule has 0 saturated heterocycles. The molecule has 2 aromatic heterocycles. The molecule has 0 bridgehead atoms. The molecule has 2 aromatic carbocycles. The van der Waals surface area contributed by atoms with Crippen molar-refractivity contribution in [2.75, 3.05) is 25.5 Å². The molecule has 0 fully saturated rings. The number of ether oxygens (including phenoxy) is 1. The number of hydrogen-bond acceptors (Lipinski definition) is 7. The quantitative estimate of drug-likeness (QED) is 0.151. The first-order chi connectivity index (χ1) is 17.1. The number of rotatable bonds is 11. The number of methoxy groups -OCH3 is 1. The summed E-state index contributed by atoms with van der Waals surface area (Å²) in [5.74, 6) is 1.83. The maximum Gasteiger partial charge on any atom is 0.155 e. The Balaban J connectivity index is 1.55. The number of fused-ring (bicyclic) bond motifs is 1. The molecular weight excluding hydrogens is 438 g/mol. The van der Waals surface area contributed by atoms with Gasteiger partial charge < -0.3 is 21.1 Å². The molecule has 1 unspecified atom stereocenters. The van der Waals surface area contributed by atoms with Gasteiger partial charge in [-0.1, -0.05) is 36.4 Å². The van der Waals surface area contributed by atoms with Crippen molar-refractivity contribution in [1.29, 1.82) is 5.41 Å². The van der Waals surface area contributed by atoms with Gasteiger partial charge in [0.1, 0.15) is 17.4 Å². The second-order valence-corrected chi connectivity index (χ2v) is 7.99. The minimum atomic E-state index is -0.442. The van der Waals surface area contributed by atoms with Gasteiger partial charge in [-0.2, -0.15) is 0 Å². The van der Waals surface area contributed by atoms with Crippen LogP contribution in [0.1, 0.15) is 17.1 Å². The van der Waals surface area contributed by atoms with Gasteiger partial charge in [0.15, 0.2) is 5.82 Å². The number of nitrogens with two attached hydrogens (primary N) is 1. The normalized spacial score (nSPS) is 12.0. The van der Waals surface area contributed by atoms with Crippen LogP contribution in [0.4, 0.5) is 5.82 Å². The van der Waals surface area contributed by atoms with Crippen molar-refractivity contribution in [3.05, 3.63) is 90.0 Å². The zero-order valence-corrected chi connectivity index (χ0v) is 19.6. The van der Waals surface area contributed by atoms with Crippen LogP contribution in [0.15, 0.2) is 72.9 Å². The Morgan fingerprint density at radius 3 is 2.63 bits per heavy atom. The van der Waals surface area contributed by atoms with Gasteiger partial charge in [0.25, 0.3) is 0 Å². The number of nitrogens with one attached hydrogen (secondary N) is 3. The molecule has 4 rings (SSSR count). The molecule has 1 atom stereocenters. The van der Waals surface area contributed by atoms with Crippen molar-refractivity contribution < 1.29 is 4.74 Å². The summed E-state index contributed by atoms with van der Waals surface area (Å²) in [5.41, 5.74) is 8.76. The van der Waals surface area contributed by atoms with Gasteiger partial charge in [-0.25, -0.2) is 9.97 Å². The molecule has 178 valence electrons. The van der Waals surface area contributed by atoms with Crippen LogP contribution >= 0.6 is 0 Å². The topological polar surface area (TPSA) is 122 Å². The maximum atomic E-state index is 8.12. The van der Waals surface area contributed by atoms with E-state index in [-0.39, 0.29) is 5.84 Å². The Labute approximate surface area is 204 Å². The Bertz CT molecular complexity index is 1290. The fraction of sp³-hybridized carbons (Fsp3) is 0.185.